The van der Waals surface area contributed by atoms with E-state index in [2.05, 4.69) is 11.1 Å². The lowest BCUT2D eigenvalue weighted by atomic mass is 9.80. The topological polar surface area (TPSA) is 118 Å². The summed E-state index contributed by atoms with van der Waals surface area (Å²) in [6.07, 6.45) is 1.13. The van der Waals surface area contributed by atoms with E-state index < -0.39 is 21.2 Å². The molecular weight excluding hydrogens is 416 g/mol. The SMILES string of the molecule is CN1OC2(CC3(CCS(=O)(=O)CC3)Oc3ccc(-c4cccc(C#N)c4)cc32)N=C1N. The van der Waals surface area contributed by atoms with Gasteiger partial charge in [0.15, 0.2) is 9.84 Å². The molecule has 0 radical (unpaired) electrons. The first kappa shape index (κ1) is 19.8. The molecule has 5 rings (SSSR count). The van der Waals surface area contributed by atoms with Crippen LogP contribution in [0, 0.1) is 11.3 Å². The van der Waals surface area contributed by atoms with Crippen LogP contribution in [-0.2, 0) is 20.4 Å². The Morgan fingerprint density at radius 3 is 2.58 bits per heavy atom. The largest absolute Gasteiger partial charge is 0.487 e. The molecule has 0 aromatic heterocycles. The molecule has 0 amide bonds. The predicted octanol–water partition coefficient (Wildman–Crippen LogP) is 2.30. The molecule has 8 nitrogen and oxygen atoms in total. The number of benzene rings is 2. The van der Waals surface area contributed by atoms with E-state index in [-0.39, 0.29) is 17.5 Å². The highest BCUT2D eigenvalue weighted by Gasteiger charge is 2.55. The van der Waals surface area contributed by atoms with Crippen LogP contribution in [0.4, 0.5) is 0 Å². The highest BCUT2D eigenvalue weighted by Crippen LogP contribution is 2.52. The normalized spacial score (nSPS) is 25.5. The average Bonchev–Trinajstić information content (AvgIpc) is 3.04. The van der Waals surface area contributed by atoms with Crippen LogP contribution >= 0.6 is 0 Å². The molecule has 1 unspecified atom stereocenters. The molecule has 2 spiro atoms. The zero-order valence-electron chi connectivity index (χ0n) is 17.0. The lowest BCUT2D eigenvalue weighted by Gasteiger charge is -2.46. The Morgan fingerprint density at radius 2 is 1.90 bits per heavy atom. The fourth-order valence-corrected chi connectivity index (χ4v) is 6.16. The van der Waals surface area contributed by atoms with Crippen molar-refractivity contribution >= 4 is 15.8 Å². The standard InChI is InChI=1S/C22H22N4O4S/c1-26-20(24)25-22(30-26)14-21(7-9-31(27,28)10-8-21)29-19-6-5-17(12-18(19)22)16-4-2-3-15(11-16)13-23/h2-6,11-12H,7-10,14H2,1H3,(H2,24,25). The van der Waals surface area contributed by atoms with Crippen LogP contribution in [0.3, 0.4) is 0 Å². The maximum absolute atomic E-state index is 12.0. The second-order valence-electron chi connectivity index (χ2n) is 8.36. The lowest BCUT2D eigenvalue weighted by Crippen LogP contribution is -2.52. The van der Waals surface area contributed by atoms with Gasteiger partial charge in [0.25, 0.3) is 0 Å². The van der Waals surface area contributed by atoms with Crippen molar-refractivity contribution in [1.29, 1.82) is 5.26 Å². The second kappa shape index (κ2) is 6.70. The van der Waals surface area contributed by atoms with Crippen LogP contribution in [0.1, 0.15) is 30.4 Å². The van der Waals surface area contributed by atoms with Crippen molar-refractivity contribution in [2.24, 2.45) is 10.7 Å². The summed E-state index contributed by atoms with van der Waals surface area (Å²) in [4.78, 5) is 10.8. The Balaban J connectivity index is 1.62. The number of ether oxygens (including phenoxy) is 1. The summed E-state index contributed by atoms with van der Waals surface area (Å²) in [6, 6.07) is 15.3. The minimum atomic E-state index is -3.06. The van der Waals surface area contributed by atoms with Gasteiger partial charge in [-0.1, -0.05) is 18.2 Å². The average molecular weight is 439 g/mol. The summed E-state index contributed by atoms with van der Waals surface area (Å²) < 4.78 is 30.5. The number of fused-ring (bicyclic) bond motifs is 2. The van der Waals surface area contributed by atoms with E-state index in [4.69, 9.17) is 15.3 Å². The summed E-state index contributed by atoms with van der Waals surface area (Å²) in [5.41, 5.74) is 7.39. The van der Waals surface area contributed by atoms with Gasteiger partial charge in [-0.15, -0.1) is 0 Å². The maximum Gasteiger partial charge on any atom is 0.222 e. The van der Waals surface area contributed by atoms with Crippen LogP contribution in [0.5, 0.6) is 5.75 Å². The molecule has 3 aliphatic rings. The zero-order valence-corrected chi connectivity index (χ0v) is 17.9. The first-order chi connectivity index (χ1) is 14.7. The van der Waals surface area contributed by atoms with Crippen LogP contribution in [-0.4, -0.2) is 43.6 Å². The molecule has 1 saturated heterocycles. The van der Waals surface area contributed by atoms with E-state index in [1.165, 1.54) is 5.06 Å². The van der Waals surface area contributed by atoms with E-state index >= 15 is 0 Å². The van der Waals surface area contributed by atoms with Crippen molar-refractivity contribution in [2.75, 3.05) is 18.6 Å². The molecule has 1 atom stereocenters. The molecule has 0 bridgehead atoms. The number of hydrogen-bond donors (Lipinski definition) is 1. The van der Waals surface area contributed by atoms with Crippen molar-refractivity contribution in [2.45, 2.75) is 30.6 Å². The molecule has 160 valence electrons. The highest BCUT2D eigenvalue weighted by atomic mass is 32.2. The fourth-order valence-electron chi connectivity index (χ4n) is 4.59. The van der Waals surface area contributed by atoms with Gasteiger partial charge in [0.05, 0.1) is 28.7 Å². The molecule has 0 aliphatic carbocycles. The van der Waals surface area contributed by atoms with Gasteiger partial charge < -0.3 is 10.5 Å². The fraction of sp³-hybridized carbons (Fsp3) is 0.364. The van der Waals surface area contributed by atoms with Gasteiger partial charge >= 0.3 is 0 Å². The van der Waals surface area contributed by atoms with Crippen molar-refractivity contribution in [3.63, 3.8) is 0 Å². The summed E-state index contributed by atoms with van der Waals surface area (Å²) in [6.45, 7) is 0. The monoisotopic (exact) mass is 438 g/mol. The molecule has 9 heteroatoms. The molecule has 2 N–H and O–H groups in total. The van der Waals surface area contributed by atoms with Crippen LogP contribution < -0.4 is 10.5 Å². The summed E-state index contributed by atoms with van der Waals surface area (Å²) in [7, 11) is -1.36. The summed E-state index contributed by atoms with van der Waals surface area (Å²) in [5, 5.41) is 10.7. The molecule has 2 aromatic carbocycles. The number of sulfone groups is 1. The molecule has 3 aliphatic heterocycles. The lowest BCUT2D eigenvalue weighted by molar-refractivity contribution is -0.205. The Bertz CT molecular complexity index is 1240. The first-order valence-corrected chi connectivity index (χ1v) is 11.9. The molecular formula is C22H22N4O4S. The Morgan fingerprint density at radius 1 is 1.16 bits per heavy atom. The van der Waals surface area contributed by atoms with Crippen molar-refractivity contribution in [3.8, 4) is 22.9 Å². The van der Waals surface area contributed by atoms with Crippen LogP contribution in [0.2, 0.25) is 0 Å². The third kappa shape index (κ3) is 3.32. The van der Waals surface area contributed by atoms with Gasteiger partial charge in [0, 0.05) is 26.3 Å². The van der Waals surface area contributed by atoms with Gasteiger partial charge in [0.2, 0.25) is 11.7 Å². The number of rotatable bonds is 1. The second-order valence-corrected chi connectivity index (χ2v) is 10.7. The Hall–Kier alpha value is -3.09. The molecule has 2 aromatic rings. The van der Waals surface area contributed by atoms with E-state index in [0.29, 0.717) is 30.6 Å². The van der Waals surface area contributed by atoms with E-state index in [9.17, 15) is 13.7 Å². The van der Waals surface area contributed by atoms with Gasteiger partial charge in [-0.3, -0.25) is 0 Å². The van der Waals surface area contributed by atoms with Gasteiger partial charge in [-0.05, 0) is 35.4 Å². The van der Waals surface area contributed by atoms with Crippen molar-refractivity contribution < 1.29 is 18.0 Å². The van der Waals surface area contributed by atoms with Crippen LogP contribution in [0.25, 0.3) is 11.1 Å². The number of nitrogens with zero attached hydrogens (tertiary/aromatic N) is 3. The van der Waals surface area contributed by atoms with Gasteiger partial charge in [0.1, 0.15) is 11.4 Å². The number of hydroxylamine groups is 2. The van der Waals surface area contributed by atoms with Crippen molar-refractivity contribution in [3.05, 3.63) is 53.6 Å². The summed E-state index contributed by atoms with van der Waals surface area (Å²) >= 11 is 0. The number of nitriles is 1. The van der Waals surface area contributed by atoms with Gasteiger partial charge in [-0.2, -0.15) is 5.26 Å². The predicted molar refractivity (Wildman–Crippen MR) is 115 cm³/mol. The van der Waals surface area contributed by atoms with Gasteiger partial charge in [-0.25, -0.2) is 23.3 Å². The quantitative estimate of drug-likeness (QED) is 0.726. The first-order valence-electron chi connectivity index (χ1n) is 10.1. The molecule has 31 heavy (non-hydrogen) atoms. The third-order valence-electron chi connectivity index (χ3n) is 6.26. The van der Waals surface area contributed by atoms with Crippen molar-refractivity contribution in [1.82, 2.24) is 5.06 Å². The van der Waals surface area contributed by atoms with Crippen LogP contribution in [0.15, 0.2) is 47.5 Å². The Labute approximate surface area is 180 Å². The molecule has 3 heterocycles. The van der Waals surface area contributed by atoms with E-state index in [0.717, 1.165) is 16.7 Å². The zero-order chi connectivity index (χ0) is 21.9. The smallest absolute Gasteiger partial charge is 0.222 e. The maximum atomic E-state index is 12.0. The Kier molecular flexibility index (Phi) is 4.29. The third-order valence-corrected chi connectivity index (χ3v) is 7.91. The van der Waals surface area contributed by atoms with E-state index in [1.54, 1.807) is 13.1 Å². The van der Waals surface area contributed by atoms with E-state index in [1.807, 2.05) is 36.4 Å². The number of nitrogens with two attached hydrogens (primary N) is 1. The number of aliphatic imine (C=N–C) groups is 1. The number of hydrogen-bond acceptors (Lipinski definition) is 8. The number of guanidine groups is 1. The molecule has 0 saturated carbocycles. The minimum Gasteiger partial charge on any atom is -0.487 e. The minimum absolute atomic E-state index is 0.0759. The molecule has 1 fully saturated rings. The summed E-state index contributed by atoms with van der Waals surface area (Å²) in [5.74, 6) is 1.01. The highest BCUT2D eigenvalue weighted by molar-refractivity contribution is 7.91.